The van der Waals surface area contributed by atoms with Crippen LogP contribution in [0, 0.1) is 0 Å². The highest BCUT2D eigenvalue weighted by molar-refractivity contribution is 7.89. The van der Waals surface area contributed by atoms with Crippen molar-refractivity contribution in [2.75, 3.05) is 13.1 Å². The first-order valence-electron chi connectivity index (χ1n) is 6.63. The quantitative estimate of drug-likeness (QED) is 0.919. The molecule has 1 aromatic rings. The third-order valence-electron chi connectivity index (χ3n) is 3.52. The van der Waals surface area contributed by atoms with Crippen LogP contribution in [-0.4, -0.2) is 31.9 Å². The van der Waals surface area contributed by atoms with Crippen molar-refractivity contribution in [2.45, 2.75) is 36.6 Å². The maximum atomic E-state index is 12.7. The highest BCUT2D eigenvalue weighted by atomic mass is 35.5. The fraction of sp³-hybridized carbons (Fsp3) is 0.538. The Morgan fingerprint density at radius 2 is 1.85 bits per heavy atom. The molecule has 1 aromatic carbocycles. The zero-order chi connectivity index (χ0) is 14.8. The number of nitrogens with zero attached hydrogens (tertiary/aromatic N) is 1. The number of sulfonamides is 1. The van der Waals surface area contributed by atoms with Gasteiger partial charge < -0.3 is 5.73 Å². The molecule has 0 aliphatic carbocycles. The summed E-state index contributed by atoms with van der Waals surface area (Å²) in [6.07, 6.45) is 3.43. The van der Waals surface area contributed by atoms with Crippen molar-refractivity contribution in [3.63, 3.8) is 0 Å². The van der Waals surface area contributed by atoms with Crippen molar-refractivity contribution in [3.8, 4) is 0 Å². The highest BCUT2D eigenvalue weighted by Gasteiger charge is 2.33. The van der Waals surface area contributed by atoms with E-state index in [4.69, 9.17) is 28.9 Å². The predicted molar refractivity (Wildman–Crippen MR) is 81.7 cm³/mol. The van der Waals surface area contributed by atoms with E-state index in [-0.39, 0.29) is 10.9 Å². The average Bonchev–Trinajstić information content (AvgIpc) is 2.38. The van der Waals surface area contributed by atoms with Gasteiger partial charge in [0.2, 0.25) is 10.0 Å². The van der Waals surface area contributed by atoms with E-state index in [0.717, 1.165) is 19.3 Å². The molecule has 1 fully saturated rings. The molecule has 0 bridgehead atoms. The first-order chi connectivity index (χ1) is 9.45. The van der Waals surface area contributed by atoms with E-state index in [1.54, 1.807) is 4.31 Å². The molecule has 0 spiro atoms. The predicted octanol–water partition coefficient (Wildman–Crippen LogP) is 2.89. The van der Waals surface area contributed by atoms with Gasteiger partial charge in [-0.25, -0.2) is 8.42 Å². The zero-order valence-corrected chi connectivity index (χ0v) is 13.4. The van der Waals surface area contributed by atoms with Gasteiger partial charge in [-0.1, -0.05) is 29.6 Å². The summed E-state index contributed by atoms with van der Waals surface area (Å²) in [4.78, 5) is 0.152. The van der Waals surface area contributed by atoms with Gasteiger partial charge in [-0.05, 0) is 44.0 Å². The molecule has 20 heavy (non-hydrogen) atoms. The first-order valence-corrected chi connectivity index (χ1v) is 8.83. The summed E-state index contributed by atoms with van der Waals surface area (Å²) in [5, 5.41) is 0.645. The third-order valence-corrected chi connectivity index (χ3v) is 5.88. The number of rotatable bonds is 4. The van der Waals surface area contributed by atoms with Gasteiger partial charge >= 0.3 is 0 Å². The van der Waals surface area contributed by atoms with Crippen LogP contribution in [0.15, 0.2) is 23.1 Å². The summed E-state index contributed by atoms with van der Waals surface area (Å²) in [7, 11) is -3.57. The lowest BCUT2D eigenvalue weighted by atomic mass is 10.0. The monoisotopic (exact) mass is 336 g/mol. The van der Waals surface area contributed by atoms with Gasteiger partial charge in [0.1, 0.15) is 0 Å². The topological polar surface area (TPSA) is 63.4 Å². The van der Waals surface area contributed by atoms with E-state index < -0.39 is 10.0 Å². The van der Waals surface area contributed by atoms with E-state index >= 15 is 0 Å². The van der Waals surface area contributed by atoms with E-state index in [1.165, 1.54) is 18.2 Å². The molecule has 1 aliphatic rings. The second-order valence-corrected chi connectivity index (χ2v) is 7.71. The summed E-state index contributed by atoms with van der Waals surface area (Å²) in [5.41, 5.74) is 5.59. The van der Waals surface area contributed by atoms with Crippen LogP contribution in [0.1, 0.15) is 25.7 Å². The lowest BCUT2D eigenvalue weighted by Crippen LogP contribution is -2.44. The summed E-state index contributed by atoms with van der Waals surface area (Å²) in [5.74, 6) is 0. The van der Waals surface area contributed by atoms with E-state index in [9.17, 15) is 8.42 Å². The van der Waals surface area contributed by atoms with Crippen molar-refractivity contribution in [2.24, 2.45) is 5.73 Å². The third kappa shape index (κ3) is 3.46. The number of benzene rings is 1. The van der Waals surface area contributed by atoms with Crippen LogP contribution in [0.3, 0.4) is 0 Å². The minimum Gasteiger partial charge on any atom is -0.330 e. The van der Waals surface area contributed by atoms with Gasteiger partial charge in [-0.3, -0.25) is 0 Å². The summed E-state index contributed by atoms with van der Waals surface area (Å²) in [6.45, 7) is 1.00. The smallest absolute Gasteiger partial charge is 0.243 e. The lowest BCUT2D eigenvalue weighted by Gasteiger charge is -2.34. The van der Waals surface area contributed by atoms with Crippen LogP contribution in [0.4, 0.5) is 0 Å². The van der Waals surface area contributed by atoms with Gasteiger partial charge in [0.15, 0.2) is 0 Å². The van der Waals surface area contributed by atoms with Crippen LogP contribution >= 0.6 is 23.2 Å². The number of piperidine rings is 1. The Kier molecular flexibility index (Phi) is 5.31. The number of hydrogen-bond donors (Lipinski definition) is 1. The fourth-order valence-electron chi connectivity index (χ4n) is 2.58. The standard InChI is InChI=1S/C13H18Cl2N2O2S/c14-10-7-11(15)9-13(8-10)20(18,19)17-6-2-1-3-12(17)4-5-16/h7-9,12H,1-6,16H2. The minimum atomic E-state index is -3.57. The maximum absolute atomic E-state index is 12.7. The summed E-state index contributed by atoms with van der Waals surface area (Å²) >= 11 is 11.8. The molecular formula is C13H18Cl2N2O2S. The maximum Gasteiger partial charge on any atom is 0.243 e. The van der Waals surface area contributed by atoms with Crippen LogP contribution in [0.25, 0.3) is 0 Å². The number of nitrogens with two attached hydrogens (primary N) is 1. The Labute approximate surface area is 129 Å². The lowest BCUT2D eigenvalue weighted by molar-refractivity contribution is 0.243. The molecule has 0 saturated carbocycles. The Morgan fingerprint density at radius 3 is 2.45 bits per heavy atom. The molecule has 0 aromatic heterocycles. The van der Waals surface area contributed by atoms with Crippen molar-refractivity contribution in [1.29, 1.82) is 0 Å². The van der Waals surface area contributed by atoms with Gasteiger partial charge in [0.25, 0.3) is 0 Å². The molecule has 2 N–H and O–H groups in total. The molecule has 0 amide bonds. The number of halogens is 2. The van der Waals surface area contributed by atoms with E-state index in [2.05, 4.69) is 0 Å². The van der Waals surface area contributed by atoms with Gasteiger partial charge in [0.05, 0.1) is 4.90 Å². The van der Waals surface area contributed by atoms with Crippen molar-refractivity contribution in [3.05, 3.63) is 28.2 Å². The Hall–Kier alpha value is -0.330. The molecule has 1 atom stereocenters. The molecule has 1 unspecified atom stereocenters. The molecule has 112 valence electrons. The molecule has 1 saturated heterocycles. The SMILES string of the molecule is NCCC1CCCCN1S(=O)(=O)c1cc(Cl)cc(Cl)c1. The molecule has 4 nitrogen and oxygen atoms in total. The van der Waals surface area contributed by atoms with Crippen LogP contribution in [-0.2, 0) is 10.0 Å². The molecule has 1 aliphatic heterocycles. The van der Waals surface area contributed by atoms with E-state index in [1.807, 2.05) is 0 Å². The van der Waals surface area contributed by atoms with Crippen molar-refractivity contribution < 1.29 is 8.42 Å². The molecule has 7 heteroatoms. The largest absolute Gasteiger partial charge is 0.330 e. The number of hydrogen-bond acceptors (Lipinski definition) is 3. The normalized spacial score (nSPS) is 21.1. The Balaban J connectivity index is 2.36. The van der Waals surface area contributed by atoms with Crippen molar-refractivity contribution in [1.82, 2.24) is 4.31 Å². The molecule has 1 heterocycles. The first kappa shape index (κ1) is 16.0. The molecular weight excluding hydrogens is 319 g/mol. The van der Waals surface area contributed by atoms with E-state index in [0.29, 0.717) is 29.6 Å². The Morgan fingerprint density at radius 1 is 1.20 bits per heavy atom. The Bertz CT molecular complexity index is 555. The fourth-order valence-corrected chi connectivity index (χ4v) is 5.03. The molecule has 2 rings (SSSR count). The second kappa shape index (κ2) is 6.62. The van der Waals surface area contributed by atoms with Crippen LogP contribution in [0.2, 0.25) is 10.0 Å². The second-order valence-electron chi connectivity index (χ2n) is 4.95. The molecule has 0 radical (unpaired) electrons. The van der Waals surface area contributed by atoms with Gasteiger partial charge in [0, 0.05) is 22.6 Å². The summed E-state index contributed by atoms with van der Waals surface area (Å²) in [6, 6.07) is 4.38. The zero-order valence-electron chi connectivity index (χ0n) is 11.1. The minimum absolute atomic E-state index is 0.0310. The summed E-state index contributed by atoms with van der Waals surface area (Å²) < 4.78 is 27.0. The van der Waals surface area contributed by atoms with Crippen LogP contribution < -0.4 is 5.73 Å². The van der Waals surface area contributed by atoms with Gasteiger partial charge in [-0.15, -0.1) is 0 Å². The van der Waals surface area contributed by atoms with Gasteiger partial charge in [-0.2, -0.15) is 4.31 Å². The van der Waals surface area contributed by atoms with Crippen molar-refractivity contribution >= 4 is 33.2 Å². The van der Waals surface area contributed by atoms with Crippen LogP contribution in [0.5, 0.6) is 0 Å². The highest BCUT2D eigenvalue weighted by Crippen LogP contribution is 2.29. The average molecular weight is 337 g/mol.